The predicted octanol–water partition coefficient (Wildman–Crippen LogP) is 4.31. The van der Waals surface area contributed by atoms with Crippen LogP contribution in [0, 0.1) is 0 Å². The highest BCUT2D eigenvalue weighted by Gasteiger charge is 2.14. The molecule has 2 aromatic heterocycles. The highest BCUT2D eigenvalue weighted by Crippen LogP contribution is 2.31. The summed E-state index contributed by atoms with van der Waals surface area (Å²) in [5.41, 5.74) is 2.24. The smallest absolute Gasteiger partial charge is 0.191 e. The highest BCUT2D eigenvalue weighted by atomic mass is 32.2. The Morgan fingerprint density at radius 1 is 0.963 bits per heavy atom. The van der Waals surface area contributed by atoms with Crippen molar-refractivity contribution in [1.82, 2.24) is 19.7 Å². The molecule has 0 saturated carbocycles. The normalized spacial score (nSPS) is 11.3. The lowest BCUT2D eigenvalue weighted by molar-refractivity contribution is 0.322. The van der Waals surface area contributed by atoms with Crippen LogP contribution < -0.4 is 0 Å². The molecule has 0 unspecified atom stereocenters. The van der Waals surface area contributed by atoms with Gasteiger partial charge in [-0.3, -0.25) is 0 Å². The predicted molar refractivity (Wildman–Crippen MR) is 113 cm³/mol. The molecule has 2 aromatic carbocycles. The first-order chi connectivity index (χ1) is 13.3. The summed E-state index contributed by atoms with van der Waals surface area (Å²) >= 11 is 4.92. The molecule has 0 aliphatic heterocycles. The van der Waals surface area contributed by atoms with E-state index in [9.17, 15) is 0 Å². The van der Waals surface area contributed by atoms with Crippen molar-refractivity contribution in [3.63, 3.8) is 0 Å². The maximum Gasteiger partial charge on any atom is 0.191 e. The van der Waals surface area contributed by atoms with Crippen LogP contribution in [-0.2, 0) is 12.3 Å². The van der Waals surface area contributed by atoms with E-state index in [1.54, 1.807) is 23.1 Å². The number of hydrogen-bond acceptors (Lipinski definition) is 7. The molecule has 0 radical (unpaired) electrons. The zero-order valence-corrected chi connectivity index (χ0v) is 16.9. The van der Waals surface area contributed by atoms with Gasteiger partial charge in [-0.1, -0.05) is 66.0 Å². The number of nitrogens with zero attached hydrogens (tertiary/aromatic N) is 4. The summed E-state index contributed by atoms with van der Waals surface area (Å²) in [6.45, 7) is 0.843. The molecule has 0 spiro atoms. The molecule has 0 aliphatic rings. The summed E-state index contributed by atoms with van der Waals surface area (Å²) in [6, 6.07) is 18.5. The zero-order chi connectivity index (χ0) is 18.5. The van der Waals surface area contributed by atoms with Gasteiger partial charge in [0.25, 0.3) is 0 Å². The molecule has 0 amide bonds. The SMILES string of the molecule is OCCSc1nnc(CSc2nc3ccccc3s2)n1Cc1ccccc1. The lowest BCUT2D eigenvalue weighted by Gasteiger charge is -2.09. The maximum absolute atomic E-state index is 9.15. The van der Waals surface area contributed by atoms with Crippen LogP contribution in [0.2, 0.25) is 0 Å². The van der Waals surface area contributed by atoms with Gasteiger partial charge in [0.15, 0.2) is 9.50 Å². The summed E-state index contributed by atoms with van der Waals surface area (Å²) in [4.78, 5) is 4.68. The van der Waals surface area contributed by atoms with Crippen molar-refractivity contribution in [2.75, 3.05) is 12.4 Å². The van der Waals surface area contributed by atoms with Crippen LogP contribution in [0.5, 0.6) is 0 Å². The van der Waals surface area contributed by atoms with Crippen LogP contribution in [0.15, 0.2) is 64.1 Å². The Bertz CT molecular complexity index is 983. The van der Waals surface area contributed by atoms with Crippen molar-refractivity contribution in [3.8, 4) is 0 Å². The molecule has 1 N–H and O–H groups in total. The minimum Gasteiger partial charge on any atom is -0.396 e. The van der Waals surface area contributed by atoms with E-state index >= 15 is 0 Å². The first-order valence-electron chi connectivity index (χ1n) is 8.51. The molecule has 0 atom stereocenters. The monoisotopic (exact) mass is 414 g/mol. The van der Waals surface area contributed by atoms with Crippen LogP contribution in [0.3, 0.4) is 0 Å². The Morgan fingerprint density at radius 3 is 2.59 bits per heavy atom. The molecule has 0 aliphatic carbocycles. The van der Waals surface area contributed by atoms with E-state index < -0.39 is 0 Å². The molecule has 138 valence electrons. The molecular formula is C19H18N4OS3. The molecule has 5 nitrogen and oxygen atoms in total. The van der Waals surface area contributed by atoms with Crippen molar-refractivity contribution in [2.24, 2.45) is 0 Å². The van der Waals surface area contributed by atoms with E-state index in [-0.39, 0.29) is 6.61 Å². The number of benzene rings is 2. The minimum atomic E-state index is 0.124. The second-order valence-electron chi connectivity index (χ2n) is 5.78. The van der Waals surface area contributed by atoms with Gasteiger partial charge in [0.05, 0.1) is 29.1 Å². The molecular weight excluding hydrogens is 396 g/mol. The lowest BCUT2D eigenvalue weighted by atomic mass is 10.2. The summed E-state index contributed by atoms with van der Waals surface area (Å²) in [5.74, 6) is 2.24. The van der Waals surface area contributed by atoms with Crippen LogP contribution in [-0.4, -0.2) is 37.2 Å². The van der Waals surface area contributed by atoms with E-state index in [2.05, 4.69) is 37.9 Å². The molecule has 4 rings (SSSR count). The third-order valence-electron chi connectivity index (χ3n) is 3.90. The molecule has 4 aromatic rings. The van der Waals surface area contributed by atoms with Crippen molar-refractivity contribution in [3.05, 3.63) is 66.0 Å². The van der Waals surface area contributed by atoms with Crippen molar-refractivity contribution < 1.29 is 5.11 Å². The molecule has 2 heterocycles. The summed E-state index contributed by atoms with van der Waals surface area (Å²) in [5, 5.41) is 18.7. The van der Waals surface area contributed by atoms with Gasteiger partial charge in [-0.15, -0.1) is 21.5 Å². The van der Waals surface area contributed by atoms with E-state index in [0.717, 1.165) is 27.4 Å². The number of rotatable bonds is 8. The fourth-order valence-electron chi connectivity index (χ4n) is 2.63. The Morgan fingerprint density at radius 2 is 1.78 bits per heavy atom. The maximum atomic E-state index is 9.15. The Balaban J connectivity index is 1.54. The number of thioether (sulfide) groups is 2. The van der Waals surface area contributed by atoms with Gasteiger partial charge in [-0.05, 0) is 17.7 Å². The number of aliphatic hydroxyl groups is 1. The molecule has 0 bridgehead atoms. The number of hydrogen-bond donors (Lipinski definition) is 1. The summed E-state index contributed by atoms with van der Waals surface area (Å²) < 4.78 is 4.37. The third kappa shape index (κ3) is 4.52. The van der Waals surface area contributed by atoms with Gasteiger partial charge in [0.2, 0.25) is 0 Å². The summed E-state index contributed by atoms with van der Waals surface area (Å²) in [7, 11) is 0. The van der Waals surface area contributed by atoms with Gasteiger partial charge >= 0.3 is 0 Å². The van der Waals surface area contributed by atoms with Gasteiger partial charge < -0.3 is 9.67 Å². The number of thiazole rings is 1. The molecule has 0 saturated heterocycles. The second kappa shape index (κ2) is 8.88. The lowest BCUT2D eigenvalue weighted by Crippen LogP contribution is -2.06. The van der Waals surface area contributed by atoms with Gasteiger partial charge in [-0.25, -0.2) is 4.98 Å². The third-order valence-corrected chi connectivity index (χ3v) is 7.02. The topological polar surface area (TPSA) is 63.8 Å². The number of fused-ring (bicyclic) bond motifs is 1. The number of aromatic nitrogens is 4. The van der Waals surface area contributed by atoms with E-state index in [1.807, 2.05) is 36.4 Å². The Kier molecular flexibility index (Phi) is 6.08. The standard InChI is InChI=1S/C19H18N4OS3/c24-10-11-25-18-22-21-17(23(18)12-14-6-2-1-3-7-14)13-26-19-20-15-8-4-5-9-16(15)27-19/h1-9,24H,10-13H2. The Hall–Kier alpha value is -1.87. The minimum absolute atomic E-state index is 0.124. The van der Waals surface area contributed by atoms with E-state index in [4.69, 9.17) is 5.11 Å². The van der Waals surface area contributed by atoms with Crippen LogP contribution in [0.25, 0.3) is 10.2 Å². The van der Waals surface area contributed by atoms with Gasteiger partial charge in [-0.2, -0.15) is 0 Å². The van der Waals surface area contributed by atoms with Crippen molar-refractivity contribution in [1.29, 1.82) is 0 Å². The molecule has 0 fully saturated rings. The van der Waals surface area contributed by atoms with Gasteiger partial charge in [0.1, 0.15) is 5.82 Å². The highest BCUT2D eigenvalue weighted by molar-refractivity contribution is 8.00. The van der Waals surface area contributed by atoms with E-state index in [0.29, 0.717) is 11.5 Å². The quantitative estimate of drug-likeness (QED) is 0.434. The van der Waals surface area contributed by atoms with Crippen LogP contribution in [0.4, 0.5) is 0 Å². The fourth-order valence-corrected chi connectivity index (χ4v) is 5.34. The van der Waals surface area contributed by atoms with Crippen molar-refractivity contribution in [2.45, 2.75) is 21.8 Å². The number of aliphatic hydroxyl groups excluding tert-OH is 1. The fraction of sp³-hybridized carbons (Fsp3) is 0.211. The molecule has 8 heteroatoms. The zero-order valence-electron chi connectivity index (χ0n) is 14.5. The van der Waals surface area contributed by atoms with Crippen LogP contribution in [0.1, 0.15) is 11.4 Å². The number of para-hydroxylation sites is 1. The first kappa shape index (κ1) is 18.5. The Labute approximate surface area is 169 Å². The van der Waals surface area contributed by atoms with Crippen LogP contribution >= 0.6 is 34.9 Å². The molecule has 27 heavy (non-hydrogen) atoms. The summed E-state index contributed by atoms with van der Waals surface area (Å²) in [6.07, 6.45) is 0. The van der Waals surface area contributed by atoms with E-state index in [1.165, 1.54) is 22.0 Å². The average molecular weight is 415 g/mol. The van der Waals surface area contributed by atoms with Gasteiger partial charge in [0, 0.05) is 5.75 Å². The first-order valence-corrected chi connectivity index (χ1v) is 11.3. The average Bonchev–Trinajstić information content (AvgIpc) is 3.29. The van der Waals surface area contributed by atoms with Crippen molar-refractivity contribution >= 4 is 45.1 Å². The second-order valence-corrected chi connectivity index (χ2v) is 9.09. The largest absolute Gasteiger partial charge is 0.396 e.